The molecule has 26 heavy (non-hydrogen) atoms. The molecule has 0 unspecified atom stereocenters. The van der Waals surface area contributed by atoms with Gasteiger partial charge in [0, 0.05) is 19.3 Å². The molecule has 2 saturated heterocycles. The zero-order valence-corrected chi connectivity index (χ0v) is 15.0. The standard InChI is InChI=1S/C19H27N3O4/c23-13-17-15(21-19(25)16-6-2-3-9-20-16)8-7-14(26-17)12-18(24)22-10-4-1-5-11-22/h2-3,6,9,14-15,17,23H,1,4-5,7-8,10-13H2,(H,21,25)/t14-,15-,17+/m0/s1. The Labute approximate surface area is 153 Å². The summed E-state index contributed by atoms with van der Waals surface area (Å²) in [6, 6.07) is 4.87. The van der Waals surface area contributed by atoms with E-state index in [0.29, 0.717) is 25.0 Å². The van der Waals surface area contributed by atoms with Crippen LogP contribution in [0.1, 0.15) is 49.0 Å². The Bertz CT molecular complexity index is 604. The second-order valence-corrected chi connectivity index (χ2v) is 7.00. The number of rotatable bonds is 5. The summed E-state index contributed by atoms with van der Waals surface area (Å²) in [6.07, 6.45) is 5.88. The molecule has 142 valence electrons. The Morgan fingerprint density at radius 3 is 2.73 bits per heavy atom. The Balaban J connectivity index is 1.51. The van der Waals surface area contributed by atoms with Crippen molar-refractivity contribution in [1.82, 2.24) is 15.2 Å². The summed E-state index contributed by atoms with van der Waals surface area (Å²) in [5.74, 6) is -0.150. The second-order valence-electron chi connectivity index (χ2n) is 7.00. The number of piperidine rings is 1. The first kappa shape index (κ1) is 18.8. The quantitative estimate of drug-likeness (QED) is 0.820. The lowest BCUT2D eigenvalue weighted by Crippen LogP contribution is -2.51. The summed E-state index contributed by atoms with van der Waals surface area (Å²) in [4.78, 5) is 30.6. The Morgan fingerprint density at radius 1 is 1.23 bits per heavy atom. The molecule has 0 spiro atoms. The third kappa shape index (κ3) is 4.80. The van der Waals surface area contributed by atoms with E-state index in [-0.39, 0.29) is 30.6 Å². The summed E-state index contributed by atoms with van der Waals surface area (Å²) in [5, 5.41) is 12.5. The van der Waals surface area contributed by atoms with Gasteiger partial charge in [0.1, 0.15) is 11.8 Å². The zero-order chi connectivity index (χ0) is 18.4. The average molecular weight is 361 g/mol. The summed E-state index contributed by atoms with van der Waals surface area (Å²) in [5.41, 5.74) is 0.339. The highest BCUT2D eigenvalue weighted by Gasteiger charge is 2.34. The lowest BCUT2D eigenvalue weighted by atomic mass is 9.96. The number of likely N-dealkylation sites (tertiary alicyclic amines) is 1. The predicted molar refractivity (Wildman–Crippen MR) is 95.5 cm³/mol. The molecule has 3 atom stereocenters. The van der Waals surface area contributed by atoms with Gasteiger partial charge in [0.05, 0.1) is 25.2 Å². The van der Waals surface area contributed by atoms with Gasteiger partial charge < -0.3 is 20.1 Å². The van der Waals surface area contributed by atoms with Crippen molar-refractivity contribution in [2.24, 2.45) is 0 Å². The lowest BCUT2D eigenvalue weighted by molar-refractivity contribution is -0.141. The highest BCUT2D eigenvalue weighted by Crippen LogP contribution is 2.23. The molecule has 0 aliphatic carbocycles. The fourth-order valence-electron chi connectivity index (χ4n) is 3.65. The van der Waals surface area contributed by atoms with Gasteiger partial charge in [-0.15, -0.1) is 0 Å². The normalized spacial score (nSPS) is 26.3. The molecule has 3 heterocycles. The SMILES string of the molecule is O=C(N[C@H]1CC[C@@H](CC(=O)N2CCCCC2)O[C@@H]1CO)c1ccccn1. The number of aromatic nitrogens is 1. The van der Waals surface area contributed by atoms with Gasteiger partial charge in [-0.2, -0.15) is 0 Å². The third-order valence-corrected chi connectivity index (χ3v) is 5.12. The van der Waals surface area contributed by atoms with Crippen molar-refractivity contribution in [3.8, 4) is 0 Å². The maximum Gasteiger partial charge on any atom is 0.270 e. The summed E-state index contributed by atoms with van der Waals surface area (Å²) >= 11 is 0. The molecule has 1 aromatic heterocycles. The minimum Gasteiger partial charge on any atom is -0.394 e. The molecular weight excluding hydrogens is 334 g/mol. The first-order valence-corrected chi connectivity index (χ1v) is 9.43. The van der Waals surface area contributed by atoms with Crippen LogP contribution in [-0.2, 0) is 9.53 Å². The third-order valence-electron chi connectivity index (χ3n) is 5.12. The number of hydrogen-bond donors (Lipinski definition) is 2. The first-order chi connectivity index (χ1) is 12.7. The van der Waals surface area contributed by atoms with Crippen molar-refractivity contribution in [1.29, 1.82) is 0 Å². The van der Waals surface area contributed by atoms with E-state index in [4.69, 9.17) is 4.74 Å². The lowest BCUT2D eigenvalue weighted by Gasteiger charge is -2.37. The van der Waals surface area contributed by atoms with Gasteiger partial charge in [-0.25, -0.2) is 0 Å². The van der Waals surface area contributed by atoms with Crippen LogP contribution in [0, 0.1) is 0 Å². The molecule has 2 fully saturated rings. The summed E-state index contributed by atoms with van der Waals surface area (Å²) in [7, 11) is 0. The van der Waals surface area contributed by atoms with E-state index < -0.39 is 6.10 Å². The van der Waals surface area contributed by atoms with Crippen LogP contribution < -0.4 is 5.32 Å². The molecule has 7 nitrogen and oxygen atoms in total. The van der Waals surface area contributed by atoms with Crippen LogP contribution in [0.4, 0.5) is 0 Å². The Morgan fingerprint density at radius 2 is 2.04 bits per heavy atom. The van der Waals surface area contributed by atoms with Crippen LogP contribution in [0.25, 0.3) is 0 Å². The molecule has 2 aliphatic heterocycles. The molecule has 7 heteroatoms. The number of carbonyl (C=O) groups is 2. The van der Waals surface area contributed by atoms with Gasteiger partial charge in [-0.3, -0.25) is 14.6 Å². The van der Waals surface area contributed by atoms with E-state index in [1.807, 2.05) is 4.90 Å². The average Bonchev–Trinajstić information content (AvgIpc) is 2.70. The van der Waals surface area contributed by atoms with Gasteiger partial charge in [0.15, 0.2) is 0 Å². The maximum atomic E-state index is 12.4. The van der Waals surface area contributed by atoms with E-state index in [9.17, 15) is 14.7 Å². The van der Waals surface area contributed by atoms with E-state index in [1.54, 1.807) is 24.4 Å². The predicted octanol–water partition coefficient (Wildman–Crippen LogP) is 1.12. The highest BCUT2D eigenvalue weighted by molar-refractivity contribution is 5.92. The summed E-state index contributed by atoms with van der Waals surface area (Å²) < 4.78 is 5.91. The molecule has 2 aliphatic rings. The van der Waals surface area contributed by atoms with Gasteiger partial charge in [0.25, 0.3) is 5.91 Å². The number of carbonyl (C=O) groups excluding carboxylic acids is 2. The number of hydrogen-bond acceptors (Lipinski definition) is 5. The number of pyridine rings is 1. The molecule has 0 bridgehead atoms. The topological polar surface area (TPSA) is 91.8 Å². The summed E-state index contributed by atoms with van der Waals surface area (Å²) in [6.45, 7) is 1.47. The van der Waals surface area contributed by atoms with Crippen LogP contribution in [0.15, 0.2) is 24.4 Å². The first-order valence-electron chi connectivity index (χ1n) is 9.43. The van der Waals surface area contributed by atoms with Gasteiger partial charge in [-0.1, -0.05) is 6.07 Å². The number of aliphatic hydroxyl groups excluding tert-OH is 1. The number of amides is 2. The van der Waals surface area contributed by atoms with Gasteiger partial charge in [0.2, 0.25) is 5.91 Å². The highest BCUT2D eigenvalue weighted by atomic mass is 16.5. The van der Waals surface area contributed by atoms with Crippen molar-refractivity contribution in [2.45, 2.75) is 56.8 Å². The molecule has 0 aromatic carbocycles. The van der Waals surface area contributed by atoms with E-state index in [0.717, 1.165) is 25.9 Å². The van der Waals surface area contributed by atoms with Crippen LogP contribution in [0.2, 0.25) is 0 Å². The van der Waals surface area contributed by atoms with Crippen molar-refractivity contribution in [3.63, 3.8) is 0 Å². The molecule has 2 N–H and O–H groups in total. The largest absolute Gasteiger partial charge is 0.394 e. The monoisotopic (exact) mass is 361 g/mol. The smallest absolute Gasteiger partial charge is 0.270 e. The molecule has 3 rings (SSSR count). The molecule has 0 saturated carbocycles. The molecule has 2 amide bonds. The molecular formula is C19H27N3O4. The second kappa shape index (κ2) is 9.09. The van der Waals surface area contributed by atoms with Crippen molar-refractivity contribution in [3.05, 3.63) is 30.1 Å². The number of ether oxygens (including phenoxy) is 1. The maximum absolute atomic E-state index is 12.4. The van der Waals surface area contributed by atoms with Crippen molar-refractivity contribution < 1.29 is 19.4 Å². The number of nitrogens with zero attached hydrogens (tertiary/aromatic N) is 2. The number of nitrogens with one attached hydrogen (secondary N) is 1. The zero-order valence-electron chi connectivity index (χ0n) is 15.0. The minimum atomic E-state index is -0.504. The Hall–Kier alpha value is -1.99. The van der Waals surface area contributed by atoms with Crippen molar-refractivity contribution in [2.75, 3.05) is 19.7 Å². The van der Waals surface area contributed by atoms with Gasteiger partial charge >= 0.3 is 0 Å². The minimum absolute atomic E-state index is 0.127. The number of aliphatic hydroxyl groups is 1. The Kier molecular flexibility index (Phi) is 6.57. The molecule has 0 radical (unpaired) electrons. The van der Waals surface area contributed by atoms with Crippen LogP contribution in [0.3, 0.4) is 0 Å². The van der Waals surface area contributed by atoms with E-state index in [2.05, 4.69) is 10.3 Å². The van der Waals surface area contributed by atoms with E-state index in [1.165, 1.54) is 6.42 Å². The van der Waals surface area contributed by atoms with Crippen LogP contribution >= 0.6 is 0 Å². The fraction of sp³-hybridized carbons (Fsp3) is 0.632. The molecule has 1 aromatic rings. The van der Waals surface area contributed by atoms with Gasteiger partial charge in [-0.05, 0) is 44.2 Å². The van der Waals surface area contributed by atoms with Crippen molar-refractivity contribution >= 4 is 11.8 Å². The van der Waals surface area contributed by atoms with E-state index >= 15 is 0 Å². The fourth-order valence-corrected chi connectivity index (χ4v) is 3.65. The van der Waals surface area contributed by atoms with Crippen LogP contribution in [0.5, 0.6) is 0 Å². The van der Waals surface area contributed by atoms with Crippen LogP contribution in [-0.4, -0.2) is 64.8 Å².